The number of halogens is 1. The van der Waals surface area contributed by atoms with Crippen molar-refractivity contribution in [3.05, 3.63) is 46.6 Å². The molecule has 3 heteroatoms. The van der Waals surface area contributed by atoms with Gasteiger partial charge in [0.15, 0.2) is 0 Å². The van der Waals surface area contributed by atoms with Crippen LogP contribution in [0.5, 0.6) is 0 Å². The Balaban J connectivity index is 0.00000162. The zero-order valence-corrected chi connectivity index (χ0v) is 16.6. The summed E-state index contributed by atoms with van der Waals surface area (Å²) in [6.45, 7) is 6.81. The number of rotatable bonds is 3. The van der Waals surface area contributed by atoms with Crippen LogP contribution in [0.4, 0.5) is 0 Å². The average Bonchev–Trinajstić information content (AvgIpc) is 2.75. The Morgan fingerprint density at radius 1 is 1.00 bits per heavy atom. The SMILES string of the molecule is CC1=CCC([CH](C2=CC(C)=CC2)[Zr]([CH3])([CH3])=[SiH2])=C1.Cl. The third kappa shape index (κ3) is 3.68. The summed E-state index contributed by atoms with van der Waals surface area (Å²) in [5.41, 5.74) is 6.33. The molecule has 2 rings (SSSR count). The van der Waals surface area contributed by atoms with Gasteiger partial charge in [-0.3, -0.25) is 0 Å². The minimum atomic E-state index is -1.92. The van der Waals surface area contributed by atoms with Gasteiger partial charge in [0.2, 0.25) is 0 Å². The normalized spacial score (nSPS) is 19.2. The van der Waals surface area contributed by atoms with Crippen LogP contribution >= 0.6 is 12.4 Å². The largest absolute Gasteiger partial charge is 0.147 e. The topological polar surface area (TPSA) is 0 Å². The van der Waals surface area contributed by atoms with Gasteiger partial charge in [-0.05, 0) is 0 Å². The zero-order valence-electron chi connectivity index (χ0n) is 11.9. The first-order valence-corrected chi connectivity index (χ1v) is 18.7. The molecule has 0 aliphatic heterocycles. The second-order valence-corrected chi connectivity index (χ2v) is 28.1. The molecule has 18 heavy (non-hydrogen) atoms. The van der Waals surface area contributed by atoms with Crippen LogP contribution in [0.25, 0.3) is 0 Å². The Bertz CT molecular complexity index is 467. The van der Waals surface area contributed by atoms with Crippen molar-refractivity contribution in [1.82, 2.24) is 0 Å². The van der Waals surface area contributed by atoms with E-state index < -0.39 is 18.9 Å². The second kappa shape index (κ2) is 6.20. The molecular formula is C15H24ClSiZr. The summed E-state index contributed by atoms with van der Waals surface area (Å²) in [5.74, 6) is 0. The first-order chi connectivity index (χ1) is 7.88. The van der Waals surface area contributed by atoms with Crippen LogP contribution < -0.4 is 0 Å². The van der Waals surface area contributed by atoms with Crippen LogP contribution in [0.2, 0.25) is 12.9 Å². The summed E-state index contributed by atoms with van der Waals surface area (Å²) in [7, 11) is 0. The molecule has 0 N–H and O–H groups in total. The van der Waals surface area contributed by atoms with E-state index in [9.17, 15) is 0 Å². The summed E-state index contributed by atoms with van der Waals surface area (Å²) in [5, 5.41) is 0. The van der Waals surface area contributed by atoms with Crippen molar-refractivity contribution in [3.63, 3.8) is 0 Å². The molecule has 0 aromatic rings. The smallest absolute Gasteiger partial charge is 0.147 e. The van der Waals surface area contributed by atoms with E-state index in [1.54, 1.807) is 11.1 Å². The molecule has 2 aliphatic carbocycles. The van der Waals surface area contributed by atoms with Gasteiger partial charge in [-0.15, -0.1) is 12.4 Å². The molecule has 0 heterocycles. The fraction of sp³-hybridized carbons (Fsp3) is 0.467. The summed E-state index contributed by atoms with van der Waals surface area (Å²) in [6, 6.07) is 0. The minimum absolute atomic E-state index is 0. The predicted octanol–water partition coefficient (Wildman–Crippen LogP) is 4.55. The van der Waals surface area contributed by atoms with Gasteiger partial charge in [0.05, 0.1) is 0 Å². The molecule has 0 atom stereocenters. The van der Waals surface area contributed by atoms with E-state index >= 15 is 0 Å². The molecule has 0 aromatic carbocycles. The first-order valence-electron chi connectivity index (χ1n) is 6.48. The third-order valence-corrected chi connectivity index (χ3v) is 11.7. The van der Waals surface area contributed by atoms with Crippen molar-refractivity contribution < 1.29 is 18.9 Å². The van der Waals surface area contributed by atoms with E-state index in [0.717, 1.165) is 3.63 Å². The Morgan fingerprint density at radius 3 is 1.61 bits per heavy atom. The van der Waals surface area contributed by atoms with Gasteiger partial charge < -0.3 is 0 Å². The van der Waals surface area contributed by atoms with Crippen LogP contribution in [0, 0.1) is 0 Å². The summed E-state index contributed by atoms with van der Waals surface area (Å²) in [4.78, 5) is 0. The van der Waals surface area contributed by atoms with E-state index in [1.165, 1.54) is 24.0 Å². The van der Waals surface area contributed by atoms with Crippen LogP contribution in [0.3, 0.4) is 0 Å². The van der Waals surface area contributed by atoms with Crippen molar-refractivity contribution >= 4 is 19.3 Å². The van der Waals surface area contributed by atoms with Crippen LogP contribution in [0.1, 0.15) is 26.7 Å². The van der Waals surface area contributed by atoms with E-state index in [4.69, 9.17) is 0 Å². The van der Waals surface area contributed by atoms with E-state index in [-0.39, 0.29) is 12.4 Å². The van der Waals surface area contributed by atoms with Crippen LogP contribution in [0.15, 0.2) is 46.6 Å². The molecule has 0 spiro atoms. The summed E-state index contributed by atoms with van der Waals surface area (Å²) >= 11 is -1.92. The zero-order chi connectivity index (χ0) is 12.6. The van der Waals surface area contributed by atoms with Gasteiger partial charge in [0.1, 0.15) is 0 Å². The molecule has 0 saturated heterocycles. The quantitative estimate of drug-likeness (QED) is 0.649. The molecule has 0 fully saturated rings. The number of allylic oxidation sites excluding steroid dienone is 8. The van der Waals surface area contributed by atoms with Crippen molar-refractivity contribution in [1.29, 1.82) is 0 Å². The van der Waals surface area contributed by atoms with Crippen molar-refractivity contribution in [2.45, 2.75) is 39.6 Å². The molecule has 0 unspecified atom stereocenters. The number of hydrogen-bond acceptors (Lipinski definition) is 0. The average molecular weight is 359 g/mol. The summed E-state index contributed by atoms with van der Waals surface area (Å²) < 4.78 is 5.99. The molecule has 0 nitrogen and oxygen atoms in total. The van der Waals surface area contributed by atoms with Crippen LogP contribution in [-0.4, -0.2) is 6.88 Å². The minimum Gasteiger partial charge on any atom is -0.147 e. The van der Waals surface area contributed by atoms with Crippen molar-refractivity contribution in [3.8, 4) is 0 Å². The first kappa shape index (κ1) is 16.4. The Kier molecular flexibility index (Phi) is 5.65. The third-order valence-electron chi connectivity index (χ3n) is 3.67. The molecule has 0 radical (unpaired) electrons. The fourth-order valence-electron chi connectivity index (χ4n) is 3.02. The van der Waals surface area contributed by atoms with E-state index in [0.29, 0.717) is 0 Å². The standard InChI is InChI=1S/C13H15.2CH3.ClH.H2Si.Zr/c1-10-3-5-12(7-10)9-13-6-4-11(2)8-13;;;;;/h3-4,7-9H,5-6H2,1-2H3;2*1H3;1H;1H2;. The van der Waals surface area contributed by atoms with Gasteiger partial charge in [-0.25, -0.2) is 0 Å². The molecule has 0 aromatic heterocycles. The molecule has 0 bridgehead atoms. The monoisotopic (exact) mass is 357 g/mol. The molecule has 99 valence electrons. The van der Waals surface area contributed by atoms with Crippen molar-refractivity contribution in [2.24, 2.45) is 0 Å². The maximum Gasteiger partial charge on any atom is -0.147 e. The molecule has 0 amide bonds. The van der Waals surface area contributed by atoms with Gasteiger partial charge in [-0.1, -0.05) is 0 Å². The summed E-state index contributed by atoms with van der Waals surface area (Å²) in [6.07, 6.45) is 12.1. The van der Waals surface area contributed by atoms with Gasteiger partial charge in [0.25, 0.3) is 0 Å². The maximum absolute atomic E-state index is 2.58. The predicted molar refractivity (Wildman–Crippen MR) is 84.2 cm³/mol. The van der Waals surface area contributed by atoms with Crippen molar-refractivity contribution in [2.75, 3.05) is 0 Å². The van der Waals surface area contributed by atoms with Gasteiger partial charge in [-0.2, -0.15) is 0 Å². The van der Waals surface area contributed by atoms with E-state index in [1.807, 2.05) is 0 Å². The van der Waals surface area contributed by atoms with Crippen LogP contribution in [-0.2, 0) is 18.9 Å². The van der Waals surface area contributed by atoms with Gasteiger partial charge in [0, 0.05) is 0 Å². The van der Waals surface area contributed by atoms with Gasteiger partial charge >= 0.3 is 112 Å². The number of hydrogen-bond donors (Lipinski definition) is 0. The molecular weight excluding hydrogens is 335 g/mol. The Morgan fingerprint density at radius 2 is 1.39 bits per heavy atom. The Labute approximate surface area is 123 Å². The molecule has 2 aliphatic rings. The molecule has 0 saturated carbocycles. The van der Waals surface area contributed by atoms with E-state index in [2.05, 4.69) is 54.3 Å². The Hall–Kier alpha value is 0.350. The fourth-order valence-corrected chi connectivity index (χ4v) is 12.0. The maximum atomic E-state index is 2.58. The second-order valence-electron chi connectivity index (χ2n) is 6.16.